The standard InChI is InChI=1S/C9H14N2O2/c1-8-6-11(4-5-13-7-8)9(12)2-3-10/h8H,2,4-7H2,1H3. The maximum atomic E-state index is 11.3. The molecule has 0 spiro atoms. The third-order valence-electron chi connectivity index (χ3n) is 2.02. The lowest BCUT2D eigenvalue weighted by atomic mass is 10.2. The van der Waals surface area contributed by atoms with Crippen molar-refractivity contribution in [2.24, 2.45) is 5.92 Å². The van der Waals surface area contributed by atoms with Gasteiger partial charge in [0.25, 0.3) is 0 Å². The summed E-state index contributed by atoms with van der Waals surface area (Å²) >= 11 is 0. The van der Waals surface area contributed by atoms with E-state index in [4.69, 9.17) is 10.00 Å². The molecule has 4 heteroatoms. The summed E-state index contributed by atoms with van der Waals surface area (Å²) in [6, 6.07) is 1.87. The van der Waals surface area contributed by atoms with Gasteiger partial charge in [0.1, 0.15) is 6.42 Å². The Morgan fingerprint density at radius 1 is 1.77 bits per heavy atom. The normalized spacial score (nSPS) is 23.4. The fourth-order valence-corrected chi connectivity index (χ4v) is 1.39. The van der Waals surface area contributed by atoms with Crippen LogP contribution in [0.2, 0.25) is 0 Å². The van der Waals surface area contributed by atoms with E-state index < -0.39 is 0 Å². The van der Waals surface area contributed by atoms with Crippen LogP contribution in [-0.4, -0.2) is 37.1 Å². The van der Waals surface area contributed by atoms with E-state index in [1.54, 1.807) is 4.90 Å². The van der Waals surface area contributed by atoms with E-state index in [2.05, 4.69) is 0 Å². The third-order valence-corrected chi connectivity index (χ3v) is 2.02. The van der Waals surface area contributed by atoms with Crippen LogP contribution in [0.4, 0.5) is 0 Å². The SMILES string of the molecule is CC1COCCN(C(=O)CC#N)C1. The molecule has 1 saturated heterocycles. The Morgan fingerprint density at radius 2 is 2.54 bits per heavy atom. The second-order valence-corrected chi connectivity index (χ2v) is 3.35. The van der Waals surface area contributed by atoms with Gasteiger partial charge in [0, 0.05) is 13.1 Å². The maximum absolute atomic E-state index is 11.3. The second kappa shape index (κ2) is 4.83. The number of rotatable bonds is 1. The zero-order chi connectivity index (χ0) is 9.68. The first-order valence-electron chi connectivity index (χ1n) is 4.46. The van der Waals surface area contributed by atoms with Gasteiger partial charge in [0.05, 0.1) is 19.3 Å². The Bertz CT molecular complexity index is 222. The van der Waals surface area contributed by atoms with Crippen molar-refractivity contribution in [3.63, 3.8) is 0 Å². The molecule has 1 aliphatic heterocycles. The number of carbonyl (C=O) groups excluding carboxylic acids is 1. The van der Waals surface area contributed by atoms with Gasteiger partial charge in [-0.25, -0.2) is 0 Å². The van der Waals surface area contributed by atoms with Crippen LogP contribution in [0.25, 0.3) is 0 Å². The zero-order valence-electron chi connectivity index (χ0n) is 7.82. The zero-order valence-corrected chi connectivity index (χ0v) is 7.82. The molecule has 72 valence electrons. The number of hydrogen-bond donors (Lipinski definition) is 0. The largest absolute Gasteiger partial charge is 0.379 e. The predicted octanol–water partition coefficient (Wildman–Crippen LogP) is 0.395. The van der Waals surface area contributed by atoms with E-state index in [1.165, 1.54) is 0 Å². The second-order valence-electron chi connectivity index (χ2n) is 3.35. The number of amides is 1. The fraction of sp³-hybridized carbons (Fsp3) is 0.778. The number of ether oxygens (including phenoxy) is 1. The van der Waals surface area contributed by atoms with Gasteiger partial charge in [-0.2, -0.15) is 5.26 Å². The van der Waals surface area contributed by atoms with Crippen LogP contribution < -0.4 is 0 Å². The lowest BCUT2D eigenvalue weighted by Gasteiger charge is -2.20. The van der Waals surface area contributed by atoms with Crippen molar-refractivity contribution in [2.45, 2.75) is 13.3 Å². The minimum Gasteiger partial charge on any atom is -0.379 e. The van der Waals surface area contributed by atoms with Crippen LogP contribution in [0.3, 0.4) is 0 Å². The average molecular weight is 182 g/mol. The highest BCUT2D eigenvalue weighted by Crippen LogP contribution is 2.06. The van der Waals surface area contributed by atoms with Crippen molar-refractivity contribution in [1.29, 1.82) is 5.26 Å². The van der Waals surface area contributed by atoms with Gasteiger partial charge in [-0.15, -0.1) is 0 Å². The number of carbonyl (C=O) groups is 1. The Labute approximate surface area is 78.1 Å². The summed E-state index contributed by atoms with van der Waals surface area (Å²) < 4.78 is 5.29. The molecule has 1 unspecified atom stereocenters. The molecule has 1 heterocycles. The minimum atomic E-state index is -0.0835. The van der Waals surface area contributed by atoms with Gasteiger partial charge < -0.3 is 9.64 Å². The van der Waals surface area contributed by atoms with Crippen molar-refractivity contribution < 1.29 is 9.53 Å². The van der Waals surface area contributed by atoms with E-state index in [-0.39, 0.29) is 12.3 Å². The molecular weight excluding hydrogens is 168 g/mol. The third kappa shape index (κ3) is 3.03. The first kappa shape index (κ1) is 10.0. The van der Waals surface area contributed by atoms with Crippen molar-refractivity contribution in [1.82, 2.24) is 4.90 Å². The molecule has 0 radical (unpaired) electrons. The highest BCUT2D eigenvalue weighted by molar-refractivity contribution is 5.78. The van der Waals surface area contributed by atoms with Crippen LogP contribution in [0.15, 0.2) is 0 Å². The molecule has 0 saturated carbocycles. The van der Waals surface area contributed by atoms with E-state index in [1.807, 2.05) is 13.0 Å². The van der Waals surface area contributed by atoms with Gasteiger partial charge in [-0.05, 0) is 5.92 Å². The van der Waals surface area contributed by atoms with Gasteiger partial charge in [-0.3, -0.25) is 4.79 Å². The summed E-state index contributed by atoms with van der Waals surface area (Å²) in [4.78, 5) is 13.1. The van der Waals surface area contributed by atoms with E-state index in [0.29, 0.717) is 32.2 Å². The predicted molar refractivity (Wildman–Crippen MR) is 46.8 cm³/mol. The molecule has 1 atom stereocenters. The minimum absolute atomic E-state index is 0.0211. The summed E-state index contributed by atoms with van der Waals surface area (Å²) in [6.07, 6.45) is -0.0211. The number of hydrogen-bond acceptors (Lipinski definition) is 3. The molecule has 1 fully saturated rings. The summed E-state index contributed by atoms with van der Waals surface area (Å²) in [5, 5.41) is 8.37. The number of nitrogens with zero attached hydrogens (tertiary/aromatic N) is 2. The Kier molecular flexibility index (Phi) is 3.71. The summed E-state index contributed by atoms with van der Waals surface area (Å²) in [6.45, 7) is 4.65. The molecular formula is C9H14N2O2. The quantitative estimate of drug-likeness (QED) is 0.589. The molecule has 4 nitrogen and oxygen atoms in total. The van der Waals surface area contributed by atoms with Gasteiger partial charge in [0.15, 0.2) is 0 Å². The molecule has 0 N–H and O–H groups in total. The van der Waals surface area contributed by atoms with E-state index >= 15 is 0 Å². The molecule has 1 amide bonds. The molecule has 0 aliphatic carbocycles. The lowest BCUT2D eigenvalue weighted by molar-refractivity contribution is -0.130. The molecule has 1 rings (SSSR count). The Hall–Kier alpha value is -1.08. The average Bonchev–Trinajstić information content (AvgIpc) is 2.30. The van der Waals surface area contributed by atoms with Crippen LogP contribution >= 0.6 is 0 Å². The van der Waals surface area contributed by atoms with E-state index in [9.17, 15) is 4.79 Å². The Balaban J connectivity index is 2.48. The monoisotopic (exact) mass is 182 g/mol. The molecule has 0 bridgehead atoms. The van der Waals surface area contributed by atoms with Gasteiger partial charge >= 0.3 is 0 Å². The van der Waals surface area contributed by atoms with Crippen LogP contribution in [0.1, 0.15) is 13.3 Å². The smallest absolute Gasteiger partial charge is 0.236 e. The summed E-state index contributed by atoms with van der Waals surface area (Å²) in [5.74, 6) is 0.282. The molecule has 0 aromatic heterocycles. The van der Waals surface area contributed by atoms with Crippen molar-refractivity contribution in [2.75, 3.05) is 26.3 Å². The van der Waals surface area contributed by atoms with Crippen molar-refractivity contribution in [3.05, 3.63) is 0 Å². The molecule has 0 aromatic carbocycles. The van der Waals surface area contributed by atoms with E-state index in [0.717, 1.165) is 0 Å². The fourth-order valence-electron chi connectivity index (χ4n) is 1.39. The maximum Gasteiger partial charge on any atom is 0.236 e. The van der Waals surface area contributed by atoms with Crippen molar-refractivity contribution >= 4 is 5.91 Å². The first-order valence-corrected chi connectivity index (χ1v) is 4.46. The molecule has 0 aromatic rings. The highest BCUT2D eigenvalue weighted by Gasteiger charge is 2.18. The Morgan fingerprint density at radius 3 is 3.23 bits per heavy atom. The van der Waals surface area contributed by atoms with Crippen LogP contribution in [-0.2, 0) is 9.53 Å². The topological polar surface area (TPSA) is 53.3 Å². The van der Waals surface area contributed by atoms with Crippen LogP contribution in [0, 0.1) is 17.2 Å². The van der Waals surface area contributed by atoms with Crippen molar-refractivity contribution in [3.8, 4) is 6.07 Å². The summed E-state index contributed by atoms with van der Waals surface area (Å²) in [5.41, 5.74) is 0. The van der Waals surface area contributed by atoms with Gasteiger partial charge in [-0.1, -0.05) is 6.92 Å². The molecule has 13 heavy (non-hydrogen) atoms. The number of nitriles is 1. The van der Waals surface area contributed by atoms with Gasteiger partial charge in [0.2, 0.25) is 5.91 Å². The first-order chi connectivity index (χ1) is 6.24. The van der Waals surface area contributed by atoms with Crippen LogP contribution in [0.5, 0.6) is 0 Å². The molecule has 1 aliphatic rings. The summed E-state index contributed by atoms with van der Waals surface area (Å²) in [7, 11) is 0. The lowest BCUT2D eigenvalue weighted by Crippen LogP contribution is -2.34. The highest BCUT2D eigenvalue weighted by atomic mass is 16.5.